The van der Waals surface area contributed by atoms with Crippen LogP contribution < -0.4 is 0 Å². The number of aryl methyl sites for hydroxylation is 1. The molecule has 6 heteroatoms. The van der Waals surface area contributed by atoms with E-state index in [0.717, 1.165) is 16.6 Å². The molecule has 140 valence electrons. The van der Waals surface area contributed by atoms with Crippen LogP contribution in [0.25, 0.3) is 6.08 Å². The SMILES string of the molecule is CC[C@@H](C)N1C(=O)/C(=C\c2cc(Br)ccc2O)SC1=Nc1ccc(C)cc1. The number of phenolic OH excluding ortho intramolecular Hbond substituents is 1. The van der Waals surface area contributed by atoms with Crippen LogP contribution >= 0.6 is 27.7 Å². The van der Waals surface area contributed by atoms with Crippen LogP contribution in [0.5, 0.6) is 5.75 Å². The first-order chi connectivity index (χ1) is 12.9. The number of hydrogen-bond donors (Lipinski definition) is 1. The molecule has 0 spiro atoms. The fraction of sp³-hybridized carbons (Fsp3) is 0.238. The van der Waals surface area contributed by atoms with Crippen molar-refractivity contribution in [3.63, 3.8) is 0 Å². The average molecular weight is 445 g/mol. The molecular weight excluding hydrogens is 424 g/mol. The number of carbonyl (C=O) groups is 1. The van der Waals surface area contributed by atoms with E-state index >= 15 is 0 Å². The Bertz CT molecular complexity index is 922. The lowest BCUT2D eigenvalue weighted by atomic mass is 10.1. The van der Waals surface area contributed by atoms with Gasteiger partial charge in [-0.25, -0.2) is 4.99 Å². The number of carbonyl (C=O) groups excluding carboxylic acids is 1. The number of amides is 1. The predicted molar refractivity (Wildman–Crippen MR) is 116 cm³/mol. The van der Waals surface area contributed by atoms with E-state index in [0.29, 0.717) is 15.6 Å². The first kappa shape index (κ1) is 19.7. The molecule has 0 radical (unpaired) electrons. The standard InChI is InChI=1S/C21H21BrN2O2S/c1-4-14(3)24-20(26)19(12-15-11-16(22)7-10-18(15)25)27-21(24)23-17-8-5-13(2)6-9-17/h5-12,14,25H,4H2,1-3H3/b19-12+,23-21?/t14-/m1/s1. The zero-order valence-electron chi connectivity index (χ0n) is 15.4. The highest BCUT2D eigenvalue weighted by Crippen LogP contribution is 2.37. The summed E-state index contributed by atoms with van der Waals surface area (Å²) < 4.78 is 0.843. The molecule has 1 aliphatic rings. The van der Waals surface area contributed by atoms with Gasteiger partial charge in [0.15, 0.2) is 5.17 Å². The summed E-state index contributed by atoms with van der Waals surface area (Å²) in [5.41, 5.74) is 2.58. The van der Waals surface area contributed by atoms with Crippen molar-refractivity contribution < 1.29 is 9.90 Å². The van der Waals surface area contributed by atoms with E-state index in [1.807, 2.05) is 45.0 Å². The Labute approximate surface area is 172 Å². The fourth-order valence-electron chi connectivity index (χ4n) is 2.65. The van der Waals surface area contributed by atoms with Crippen LogP contribution in [0.2, 0.25) is 0 Å². The average Bonchev–Trinajstić information content (AvgIpc) is 2.94. The monoisotopic (exact) mass is 444 g/mol. The van der Waals surface area contributed by atoms with E-state index in [9.17, 15) is 9.90 Å². The normalized spacial score (nSPS) is 18.5. The third-order valence-corrected chi connectivity index (χ3v) is 5.88. The van der Waals surface area contributed by atoms with Crippen LogP contribution in [0.1, 0.15) is 31.4 Å². The fourth-order valence-corrected chi connectivity index (χ4v) is 4.11. The van der Waals surface area contributed by atoms with Crippen LogP contribution in [0.4, 0.5) is 5.69 Å². The molecule has 1 atom stereocenters. The van der Waals surface area contributed by atoms with E-state index in [1.165, 1.54) is 17.3 Å². The Morgan fingerprint density at radius 2 is 1.96 bits per heavy atom. The van der Waals surface area contributed by atoms with Crippen LogP contribution in [0.15, 0.2) is 56.8 Å². The number of benzene rings is 2. The molecule has 2 aromatic rings. The third kappa shape index (κ3) is 4.45. The van der Waals surface area contributed by atoms with Crippen molar-refractivity contribution in [2.24, 2.45) is 4.99 Å². The molecule has 0 unspecified atom stereocenters. The van der Waals surface area contributed by atoms with Crippen LogP contribution in [-0.2, 0) is 4.79 Å². The largest absolute Gasteiger partial charge is 0.507 e. The minimum absolute atomic E-state index is 0.0382. The molecule has 27 heavy (non-hydrogen) atoms. The summed E-state index contributed by atoms with van der Waals surface area (Å²) in [5, 5.41) is 10.8. The van der Waals surface area contributed by atoms with Crippen LogP contribution in [0, 0.1) is 6.92 Å². The summed E-state index contributed by atoms with van der Waals surface area (Å²) in [5.74, 6) is 0.0534. The van der Waals surface area contributed by atoms with E-state index in [1.54, 1.807) is 29.2 Å². The summed E-state index contributed by atoms with van der Waals surface area (Å²) >= 11 is 4.74. The first-order valence-electron chi connectivity index (χ1n) is 8.76. The topological polar surface area (TPSA) is 52.9 Å². The van der Waals surface area contributed by atoms with Crippen LogP contribution in [0.3, 0.4) is 0 Å². The van der Waals surface area contributed by atoms with E-state index in [2.05, 4.69) is 15.9 Å². The van der Waals surface area contributed by atoms with Gasteiger partial charge in [0.05, 0.1) is 10.6 Å². The summed E-state index contributed by atoms with van der Waals surface area (Å²) in [4.78, 5) is 20.0. The second-order valence-electron chi connectivity index (χ2n) is 6.48. The van der Waals surface area contributed by atoms with Gasteiger partial charge in [-0.3, -0.25) is 9.69 Å². The summed E-state index contributed by atoms with van der Waals surface area (Å²) in [6.07, 6.45) is 2.55. The van der Waals surface area contributed by atoms with Crippen molar-refractivity contribution in [1.29, 1.82) is 0 Å². The molecule has 0 aromatic heterocycles. The molecule has 1 amide bonds. The number of hydrogen-bond acceptors (Lipinski definition) is 4. The molecule has 3 rings (SSSR count). The Morgan fingerprint density at radius 1 is 1.26 bits per heavy atom. The number of nitrogens with zero attached hydrogens (tertiary/aromatic N) is 2. The molecule has 1 N–H and O–H groups in total. The molecule has 0 bridgehead atoms. The highest BCUT2D eigenvalue weighted by molar-refractivity contribution is 9.10. The number of aliphatic imine (C=N–C) groups is 1. The Balaban J connectivity index is 2.01. The van der Waals surface area contributed by atoms with Gasteiger partial charge in [-0.1, -0.05) is 40.5 Å². The number of thioether (sulfide) groups is 1. The maximum Gasteiger partial charge on any atom is 0.267 e. The van der Waals surface area contributed by atoms with Crippen molar-refractivity contribution in [3.05, 3.63) is 63.0 Å². The Hall–Kier alpha value is -2.05. The number of aromatic hydroxyl groups is 1. The molecule has 4 nitrogen and oxygen atoms in total. The van der Waals surface area contributed by atoms with Crippen molar-refractivity contribution >= 4 is 50.5 Å². The zero-order valence-corrected chi connectivity index (χ0v) is 17.8. The van der Waals surface area contributed by atoms with Crippen molar-refractivity contribution in [2.75, 3.05) is 0 Å². The second-order valence-corrected chi connectivity index (χ2v) is 8.40. The van der Waals surface area contributed by atoms with Crippen molar-refractivity contribution in [2.45, 2.75) is 33.2 Å². The van der Waals surface area contributed by atoms with Gasteiger partial charge in [-0.15, -0.1) is 0 Å². The van der Waals surface area contributed by atoms with Crippen LogP contribution in [-0.4, -0.2) is 27.1 Å². The molecule has 0 aliphatic carbocycles. The Morgan fingerprint density at radius 3 is 2.63 bits per heavy atom. The molecule has 1 saturated heterocycles. The zero-order chi connectivity index (χ0) is 19.6. The molecular formula is C21H21BrN2O2S. The number of rotatable bonds is 4. The van der Waals surface area contributed by atoms with Gasteiger partial charge in [0.2, 0.25) is 0 Å². The minimum Gasteiger partial charge on any atom is -0.507 e. The highest BCUT2D eigenvalue weighted by atomic mass is 79.9. The van der Waals surface area contributed by atoms with Gasteiger partial charge >= 0.3 is 0 Å². The molecule has 0 saturated carbocycles. The van der Waals surface area contributed by atoms with Gasteiger partial charge < -0.3 is 5.11 Å². The summed E-state index contributed by atoms with van der Waals surface area (Å²) in [6, 6.07) is 13.1. The smallest absolute Gasteiger partial charge is 0.267 e. The lowest BCUT2D eigenvalue weighted by molar-refractivity contribution is -0.123. The van der Waals surface area contributed by atoms with E-state index in [-0.39, 0.29) is 17.7 Å². The van der Waals surface area contributed by atoms with Crippen molar-refractivity contribution in [3.8, 4) is 5.75 Å². The second kappa shape index (κ2) is 8.31. The van der Waals surface area contributed by atoms with Crippen molar-refractivity contribution in [1.82, 2.24) is 4.90 Å². The van der Waals surface area contributed by atoms with Gasteiger partial charge in [-0.05, 0) is 68.4 Å². The number of halogens is 1. The van der Waals surface area contributed by atoms with Gasteiger partial charge in [-0.2, -0.15) is 0 Å². The summed E-state index contributed by atoms with van der Waals surface area (Å²) in [6.45, 7) is 6.10. The van der Waals surface area contributed by atoms with Gasteiger partial charge in [0.25, 0.3) is 5.91 Å². The Kier molecular flexibility index (Phi) is 6.07. The lowest BCUT2D eigenvalue weighted by Gasteiger charge is -2.22. The molecule has 1 fully saturated rings. The quantitative estimate of drug-likeness (QED) is 0.600. The highest BCUT2D eigenvalue weighted by Gasteiger charge is 2.36. The van der Waals surface area contributed by atoms with E-state index < -0.39 is 0 Å². The van der Waals surface area contributed by atoms with Gasteiger partial charge in [0, 0.05) is 16.1 Å². The number of amidine groups is 1. The molecule has 1 aliphatic heterocycles. The third-order valence-electron chi connectivity index (χ3n) is 4.40. The number of phenols is 1. The summed E-state index contributed by atoms with van der Waals surface area (Å²) in [7, 11) is 0. The minimum atomic E-state index is -0.0837. The molecule has 2 aromatic carbocycles. The maximum absolute atomic E-state index is 13.0. The predicted octanol–water partition coefficient (Wildman–Crippen LogP) is 5.87. The first-order valence-corrected chi connectivity index (χ1v) is 10.4. The molecule has 1 heterocycles. The van der Waals surface area contributed by atoms with Gasteiger partial charge in [0.1, 0.15) is 5.75 Å². The lowest BCUT2D eigenvalue weighted by Crippen LogP contribution is -2.36. The maximum atomic E-state index is 13.0. The van der Waals surface area contributed by atoms with E-state index in [4.69, 9.17) is 4.99 Å².